The van der Waals surface area contributed by atoms with Crippen LogP contribution in [0, 0.1) is 5.92 Å². The van der Waals surface area contributed by atoms with Crippen molar-refractivity contribution < 1.29 is 14.7 Å². The van der Waals surface area contributed by atoms with Gasteiger partial charge in [0.25, 0.3) is 0 Å². The standard InChI is InChI=1S/C14H25N3O3/c1-2-16(12-5-6-12)9-7-15-14(20)17-8-3-4-11(10-17)13(18)19/h11-12H,2-10H2,1H3,(H,15,20)(H,18,19)/t11-/m0/s1. The number of rotatable bonds is 6. The molecule has 0 radical (unpaired) electrons. The van der Waals surface area contributed by atoms with Crippen molar-refractivity contribution in [2.75, 3.05) is 32.7 Å². The van der Waals surface area contributed by atoms with E-state index in [1.165, 1.54) is 12.8 Å². The third-order valence-corrected chi connectivity index (χ3v) is 4.20. The molecular weight excluding hydrogens is 258 g/mol. The van der Waals surface area contributed by atoms with Gasteiger partial charge in [-0.1, -0.05) is 6.92 Å². The Morgan fingerprint density at radius 3 is 2.70 bits per heavy atom. The topological polar surface area (TPSA) is 72.9 Å². The highest BCUT2D eigenvalue weighted by molar-refractivity contribution is 5.76. The van der Waals surface area contributed by atoms with Crippen molar-refractivity contribution in [3.63, 3.8) is 0 Å². The first-order valence-corrected chi connectivity index (χ1v) is 7.61. The number of amides is 2. The van der Waals surface area contributed by atoms with Gasteiger partial charge in [-0.3, -0.25) is 9.69 Å². The van der Waals surface area contributed by atoms with Gasteiger partial charge in [-0.15, -0.1) is 0 Å². The lowest BCUT2D eigenvalue weighted by molar-refractivity contribution is -0.143. The maximum Gasteiger partial charge on any atom is 0.317 e. The van der Waals surface area contributed by atoms with E-state index in [0.717, 1.165) is 19.5 Å². The van der Waals surface area contributed by atoms with Crippen molar-refractivity contribution in [3.8, 4) is 0 Å². The lowest BCUT2D eigenvalue weighted by Crippen LogP contribution is -2.48. The van der Waals surface area contributed by atoms with E-state index in [4.69, 9.17) is 5.11 Å². The van der Waals surface area contributed by atoms with Crippen LogP contribution in [0.4, 0.5) is 4.79 Å². The number of hydrogen-bond donors (Lipinski definition) is 2. The molecule has 0 spiro atoms. The van der Waals surface area contributed by atoms with Gasteiger partial charge in [0, 0.05) is 32.2 Å². The lowest BCUT2D eigenvalue weighted by Gasteiger charge is -2.31. The molecule has 1 atom stereocenters. The van der Waals surface area contributed by atoms with Crippen molar-refractivity contribution in [2.24, 2.45) is 5.92 Å². The van der Waals surface area contributed by atoms with Crippen LogP contribution in [0.3, 0.4) is 0 Å². The number of piperidine rings is 1. The predicted molar refractivity (Wildman–Crippen MR) is 75.6 cm³/mol. The van der Waals surface area contributed by atoms with Crippen molar-refractivity contribution in [1.29, 1.82) is 0 Å². The summed E-state index contributed by atoms with van der Waals surface area (Å²) in [7, 11) is 0. The molecule has 2 N–H and O–H groups in total. The molecule has 114 valence electrons. The Kier molecular flexibility index (Phi) is 5.23. The number of nitrogens with zero attached hydrogens (tertiary/aromatic N) is 2. The number of carbonyl (C=O) groups is 2. The first kappa shape index (κ1) is 15.1. The van der Waals surface area contributed by atoms with Crippen LogP contribution in [-0.2, 0) is 4.79 Å². The molecular formula is C14H25N3O3. The minimum absolute atomic E-state index is 0.122. The molecule has 1 heterocycles. The van der Waals surface area contributed by atoms with Crippen molar-refractivity contribution in [2.45, 2.75) is 38.6 Å². The molecule has 2 aliphatic rings. The van der Waals surface area contributed by atoms with E-state index in [1.54, 1.807) is 4.90 Å². The number of likely N-dealkylation sites (tertiary alicyclic amines) is 1. The van der Waals surface area contributed by atoms with Gasteiger partial charge in [0.05, 0.1) is 5.92 Å². The van der Waals surface area contributed by atoms with Crippen LogP contribution in [0.1, 0.15) is 32.6 Å². The molecule has 1 saturated heterocycles. The Hall–Kier alpha value is -1.30. The third-order valence-electron chi connectivity index (χ3n) is 4.20. The van der Waals surface area contributed by atoms with Gasteiger partial charge < -0.3 is 15.3 Å². The lowest BCUT2D eigenvalue weighted by atomic mass is 9.99. The normalized spacial score (nSPS) is 22.9. The van der Waals surface area contributed by atoms with Crippen LogP contribution in [0.15, 0.2) is 0 Å². The van der Waals surface area contributed by atoms with E-state index >= 15 is 0 Å². The number of carboxylic acid groups (broad SMARTS) is 1. The van der Waals surface area contributed by atoms with E-state index in [9.17, 15) is 9.59 Å². The largest absolute Gasteiger partial charge is 0.481 e. The summed E-state index contributed by atoms with van der Waals surface area (Å²) in [5, 5.41) is 11.9. The summed E-state index contributed by atoms with van der Waals surface area (Å²) in [5.74, 6) is -1.21. The summed E-state index contributed by atoms with van der Waals surface area (Å²) in [5.41, 5.74) is 0. The monoisotopic (exact) mass is 283 g/mol. The average Bonchev–Trinajstić information content (AvgIpc) is 3.28. The molecule has 0 unspecified atom stereocenters. The summed E-state index contributed by atoms with van der Waals surface area (Å²) in [6.45, 7) is 5.67. The van der Waals surface area contributed by atoms with Gasteiger partial charge in [0.1, 0.15) is 0 Å². The van der Waals surface area contributed by atoms with Gasteiger partial charge >= 0.3 is 12.0 Å². The van der Waals surface area contributed by atoms with Crippen LogP contribution < -0.4 is 5.32 Å². The molecule has 0 bridgehead atoms. The molecule has 6 nitrogen and oxygen atoms in total. The molecule has 1 aliphatic heterocycles. The molecule has 1 saturated carbocycles. The van der Waals surface area contributed by atoms with Gasteiger partial charge in [-0.05, 0) is 32.2 Å². The van der Waals surface area contributed by atoms with Crippen LogP contribution in [0.5, 0.6) is 0 Å². The SMILES string of the molecule is CCN(CCNC(=O)N1CCC[C@H](C(=O)O)C1)C1CC1. The summed E-state index contributed by atoms with van der Waals surface area (Å²) >= 11 is 0. The van der Waals surface area contributed by atoms with Crippen LogP contribution in [0.2, 0.25) is 0 Å². The number of likely N-dealkylation sites (N-methyl/N-ethyl adjacent to an activating group) is 1. The summed E-state index contributed by atoms with van der Waals surface area (Å²) in [6.07, 6.45) is 3.99. The van der Waals surface area contributed by atoms with Crippen molar-refractivity contribution in [1.82, 2.24) is 15.1 Å². The Morgan fingerprint density at radius 1 is 1.35 bits per heavy atom. The van der Waals surface area contributed by atoms with Crippen molar-refractivity contribution in [3.05, 3.63) is 0 Å². The average molecular weight is 283 g/mol. The van der Waals surface area contributed by atoms with Crippen LogP contribution >= 0.6 is 0 Å². The number of urea groups is 1. The Labute approximate surface area is 120 Å². The number of carbonyl (C=O) groups excluding carboxylic acids is 1. The number of nitrogens with one attached hydrogen (secondary N) is 1. The van der Waals surface area contributed by atoms with Crippen molar-refractivity contribution >= 4 is 12.0 Å². The summed E-state index contributed by atoms with van der Waals surface area (Å²) in [4.78, 5) is 27.0. The molecule has 2 rings (SSSR count). The minimum atomic E-state index is -0.798. The van der Waals surface area contributed by atoms with E-state index in [2.05, 4.69) is 17.1 Å². The first-order valence-electron chi connectivity index (χ1n) is 7.61. The van der Waals surface area contributed by atoms with E-state index < -0.39 is 11.9 Å². The number of hydrogen-bond acceptors (Lipinski definition) is 3. The van der Waals surface area contributed by atoms with E-state index in [-0.39, 0.29) is 6.03 Å². The van der Waals surface area contributed by atoms with Gasteiger partial charge in [-0.25, -0.2) is 4.79 Å². The molecule has 0 aromatic rings. The second-order valence-electron chi connectivity index (χ2n) is 5.72. The maximum atomic E-state index is 12.0. The highest BCUT2D eigenvalue weighted by Gasteiger charge is 2.29. The Bertz CT molecular complexity index is 358. The minimum Gasteiger partial charge on any atom is -0.481 e. The smallest absolute Gasteiger partial charge is 0.317 e. The highest BCUT2D eigenvalue weighted by atomic mass is 16.4. The number of carboxylic acids is 1. The zero-order valence-corrected chi connectivity index (χ0v) is 12.2. The molecule has 0 aromatic heterocycles. The number of aliphatic carboxylic acids is 1. The summed E-state index contributed by atoms with van der Waals surface area (Å²) in [6, 6.07) is 0.589. The van der Waals surface area contributed by atoms with Gasteiger partial charge in [-0.2, -0.15) is 0 Å². The highest BCUT2D eigenvalue weighted by Crippen LogP contribution is 2.25. The fourth-order valence-electron chi connectivity index (χ4n) is 2.82. The third kappa shape index (κ3) is 4.10. The Balaban J connectivity index is 1.69. The van der Waals surface area contributed by atoms with Gasteiger partial charge in [0.15, 0.2) is 0 Å². The Morgan fingerprint density at radius 2 is 2.10 bits per heavy atom. The molecule has 6 heteroatoms. The molecule has 2 fully saturated rings. The van der Waals surface area contributed by atoms with Gasteiger partial charge in [0.2, 0.25) is 0 Å². The first-order chi connectivity index (χ1) is 9.61. The van der Waals surface area contributed by atoms with Crippen LogP contribution in [0.25, 0.3) is 0 Å². The second kappa shape index (κ2) is 6.92. The zero-order chi connectivity index (χ0) is 14.5. The zero-order valence-electron chi connectivity index (χ0n) is 12.2. The quantitative estimate of drug-likeness (QED) is 0.762. The van der Waals surface area contributed by atoms with E-state index in [1.807, 2.05) is 0 Å². The summed E-state index contributed by atoms with van der Waals surface area (Å²) < 4.78 is 0. The molecule has 0 aromatic carbocycles. The fraction of sp³-hybridized carbons (Fsp3) is 0.857. The van der Waals surface area contributed by atoms with E-state index in [0.29, 0.717) is 32.1 Å². The fourth-order valence-corrected chi connectivity index (χ4v) is 2.82. The predicted octanol–water partition coefficient (Wildman–Crippen LogP) is 0.977. The molecule has 20 heavy (non-hydrogen) atoms. The van der Waals surface area contributed by atoms with Crippen LogP contribution in [-0.4, -0.2) is 65.7 Å². The molecule has 2 amide bonds. The molecule has 1 aliphatic carbocycles. The second-order valence-corrected chi connectivity index (χ2v) is 5.72. The maximum absolute atomic E-state index is 12.0.